The summed E-state index contributed by atoms with van der Waals surface area (Å²) >= 11 is 0. The highest BCUT2D eigenvalue weighted by Crippen LogP contribution is 2.41. The molecule has 184 valence electrons. The maximum Gasteiger partial charge on any atom is 0.241 e. The Morgan fingerprint density at radius 1 is 1.00 bits per heavy atom. The molecule has 0 saturated heterocycles. The Hall–Kier alpha value is -3.04. The zero-order valence-corrected chi connectivity index (χ0v) is 21.0. The Bertz CT molecular complexity index is 1120. The highest BCUT2D eigenvalue weighted by Gasteiger charge is 2.32. The van der Waals surface area contributed by atoms with Crippen molar-refractivity contribution in [3.63, 3.8) is 0 Å². The number of nitrogens with zero attached hydrogens (tertiary/aromatic N) is 1. The van der Waals surface area contributed by atoms with Gasteiger partial charge in [-0.05, 0) is 30.0 Å². The van der Waals surface area contributed by atoms with Crippen LogP contribution in [-0.4, -0.2) is 59.7 Å². The van der Waals surface area contributed by atoms with E-state index < -0.39 is 16.1 Å². The van der Waals surface area contributed by atoms with Crippen molar-refractivity contribution in [3.05, 3.63) is 54.1 Å². The Morgan fingerprint density at radius 2 is 1.62 bits per heavy atom. The predicted octanol–water partition coefficient (Wildman–Crippen LogP) is 3.33. The number of amides is 1. The average Bonchev–Trinajstić information content (AvgIpc) is 2.86. The van der Waals surface area contributed by atoms with E-state index in [1.807, 2.05) is 19.9 Å². The number of methoxy groups -OCH3 is 3. The molecule has 1 atom stereocenters. The molecular formula is C25H32N2O6S. The first kappa shape index (κ1) is 25.6. The number of nitrogens with one attached hydrogen (secondary N) is 1. The summed E-state index contributed by atoms with van der Waals surface area (Å²) < 4.78 is 44.7. The third-order valence-corrected chi connectivity index (χ3v) is 7.28. The quantitative estimate of drug-likeness (QED) is 0.582. The Balaban J connectivity index is 1.82. The molecule has 0 saturated carbocycles. The summed E-state index contributed by atoms with van der Waals surface area (Å²) in [5.74, 6) is 1.39. The van der Waals surface area contributed by atoms with Crippen LogP contribution in [0.1, 0.15) is 25.8 Å². The van der Waals surface area contributed by atoms with Gasteiger partial charge in [-0.25, -0.2) is 8.42 Å². The van der Waals surface area contributed by atoms with Crippen LogP contribution in [0.2, 0.25) is 0 Å². The van der Waals surface area contributed by atoms with Gasteiger partial charge in [0.25, 0.3) is 0 Å². The van der Waals surface area contributed by atoms with E-state index >= 15 is 0 Å². The fourth-order valence-corrected chi connectivity index (χ4v) is 5.28. The van der Waals surface area contributed by atoms with Crippen molar-refractivity contribution in [1.82, 2.24) is 9.62 Å². The monoisotopic (exact) mass is 488 g/mol. The number of hydrogen-bond donors (Lipinski definition) is 1. The summed E-state index contributed by atoms with van der Waals surface area (Å²) in [7, 11) is 0.926. The van der Waals surface area contributed by atoms with Crippen LogP contribution in [0, 0.1) is 5.92 Å². The summed E-state index contributed by atoms with van der Waals surface area (Å²) in [6.45, 7) is 4.45. The van der Waals surface area contributed by atoms with Gasteiger partial charge in [-0.3, -0.25) is 4.79 Å². The van der Waals surface area contributed by atoms with Gasteiger partial charge in [-0.2, -0.15) is 4.72 Å². The summed E-state index contributed by atoms with van der Waals surface area (Å²) in [6, 6.07) is 10.8. The van der Waals surface area contributed by atoms with Crippen molar-refractivity contribution >= 4 is 21.5 Å². The van der Waals surface area contributed by atoms with E-state index in [0.29, 0.717) is 36.8 Å². The van der Waals surface area contributed by atoms with Gasteiger partial charge in [0.05, 0.1) is 31.8 Å². The van der Waals surface area contributed by atoms with Crippen LogP contribution < -0.4 is 18.9 Å². The molecule has 0 aromatic heterocycles. The molecule has 1 aliphatic rings. The first-order valence-electron chi connectivity index (χ1n) is 11.1. The van der Waals surface area contributed by atoms with E-state index in [2.05, 4.69) is 4.72 Å². The molecule has 9 heteroatoms. The minimum atomic E-state index is -3.82. The van der Waals surface area contributed by atoms with E-state index in [4.69, 9.17) is 14.2 Å². The molecule has 0 spiro atoms. The number of carbonyl (C=O) groups excluding carboxylic acids is 1. The number of hydrogen-bond acceptors (Lipinski definition) is 6. The molecule has 1 N–H and O–H groups in total. The molecule has 1 amide bonds. The normalized spacial score (nSPS) is 15.0. The molecule has 2 aromatic rings. The highest BCUT2D eigenvalue weighted by molar-refractivity contribution is 7.89. The maximum atomic E-state index is 13.3. The third-order valence-electron chi connectivity index (χ3n) is 5.83. The van der Waals surface area contributed by atoms with Crippen LogP contribution >= 0.6 is 0 Å². The summed E-state index contributed by atoms with van der Waals surface area (Å²) in [6.07, 6.45) is 2.53. The van der Waals surface area contributed by atoms with Crippen LogP contribution in [0.15, 0.2) is 53.4 Å². The molecule has 8 nitrogen and oxygen atoms in total. The molecule has 34 heavy (non-hydrogen) atoms. The summed E-state index contributed by atoms with van der Waals surface area (Å²) in [4.78, 5) is 15.1. The maximum absolute atomic E-state index is 13.3. The molecule has 1 aliphatic heterocycles. The second-order valence-corrected chi connectivity index (χ2v) is 10.0. The van der Waals surface area contributed by atoms with Crippen molar-refractivity contribution in [2.24, 2.45) is 5.92 Å². The molecule has 1 heterocycles. The number of carbonyl (C=O) groups is 1. The lowest BCUT2D eigenvalue weighted by Crippen LogP contribution is -2.52. The lowest BCUT2D eigenvalue weighted by atomic mass is 9.96. The fraction of sp³-hybridized carbons (Fsp3) is 0.400. The number of rotatable bonds is 9. The average molecular weight is 489 g/mol. The van der Waals surface area contributed by atoms with Gasteiger partial charge < -0.3 is 19.1 Å². The van der Waals surface area contributed by atoms with Crippen LogP contribution in [0.4, 0.5) is 0 Å². The Kier molecular flexibility index (Phi) is 8.22. The number of benzene rings is 2. The Morgan fingerprint density at radius 3 is 2.09 bits per heavy atom. The zero-order valence-electron chi connectivity index (χ0n) is 20.2. The topological polar surface area (TPSA) is 94.2 Å². The largest absolute Gasteiger partial charge is 0.496 e. The molecule has 3 rings (SSSR count). The number of ether oxygens (including phenoxy) is 3. The van der Waals surface area contributed by atoms with Crippen molar-refractivity contribution in [2.75, 3.05) is 34.4 Å². The van der Waals surface area contributed by atoms with Gasteiger partial charge in [0.2, 0.25) is 15.9 Å². The Labute approximate surface area is 201 Å². The van der Waals surface area contributed by atoms with Crippen LogP contribution in [0.5, 0.6) is 17.2 Å². The van der Waals surface area contributed by atoms with Crippen molar-refractivity contribution < 1.29 is 27.4 Å². The standard InChI is InChI=1S/C25H32N2O6S/c1-17(2)24(26-34(29,30)20-9-7-6-8-10-20)25(28)27-13-11-18(12-14-27)23-21(32-4)15-19(31-3)16-22(23)33-5/h6-11,15-17,24,26H,12-14H2,1-5H3/t24-/m0/s1. The summed E-state index contributed by atoms with van der Waals surface area (Å²) in [5.41, 5.74) is 1.81. The lowest BCUT2D eigenvalue weighted by molar-refractivity contribution is -0.133. The van der Waals surface area contributed by atoms with Gasteiger partial charge in [0.15, 0.2) is 0 Å². The van der Waals surface area contributed by atoms with E-state index in [1.165, 1.54) is 12.1 Å². The lowest BCUT2D eigenvalue weighted by Gasteiger charge is -2.32. The van der Waals surface area contributed by atoms with Crippen LogP contribution in [-0.2, 0) is 14.8 Å². The van der Waals surface area contributed by atoms with Gasteiger partial charge in [-0.15, -0.1) is 0 Å². The molecule has 0 radical (unpaired) electrons. The number of sulfonamides is 1. The molecule has 0 fully saturated rings. The molecule has 0 unspecified atom stereocenters. The van der Waals surface area contributed by atoms with E-state index in [1.54, 1.807) is 56.6 Å². The molecule has 2 aromatic carbocycles. The van der Waals surface area contributed by atoms with Gasteiger partial charge in [-0.1, -0.05) is 38.1 Å². The summed E-state index contributed by atoms with van der Waals surface area (Å²) in [5, 5.41) is 0. The van der Waals surface area contributed by atoms with Gasteiger partial charge >= 0.3 is 0 Å². The van der Waals surface area contributed by atoms with Crippen LogP contribution in [0.3, 0.4) is 0 Å². The first-order valence-corrected chi connectivity index (χ1v) is 12.6. The minimum absolute atomic E-state index is 0.132. The van der Waals surface area contributed by atoms with Gasteiger partial charge in [0.1, 0.15) is 23.3 Å². The fourth-order valence-electron chi connectivity index (χ4n) is 3.92. The third kappa shape index (κ3) is 5.53. The van der Waals surface area contributed by atoms with Crippen molar-refractivity contribution in [1.29, 1.82) is 0 Å². The molecule has 0 aliphatic carbocycles. The SMILES string of the molecule is COc1cc(OC)c(C2=CCN(C(=O)[C@@H](NS(=O)(=O)c3ccccc3)C(C)C)CC2)c(OC)c1. The zero-order chi connectivity index (χ0) is 24.9. The predicted molar refractivity (Wildman–Crippen MR) is 131 cm³/mol. The smallest absolute Gasteiger partial charge is 0.241 e. The van der Waals surface area contributed by atoms with Crippen molar-refractivity contribution in [3.8, 4) is 17.2 Å². The first-order chi connectivity index (χ1) is 16.2. The second-order valence-electron chi connectivity index (χ2n) is 8.33. The van der Waals surface area contributed by atoms with Crippen LogP contribution in [0.25, 0.3) is 5.57 Å². The molecule has 0 bridgehead atoms. The second kappa shape index (κ2) is 10.9. The van der Waals surface area contributed by atoms with E-state index in [0.717, 1.165) is 11.1 Å². The van der Waals surface area contributed by atoms with E-state index in [-0.39, 0.29) is 16.7 Å². The minimum Gasteiger partial charge on any atom is -0.496 e. The molecular weight excluding hydrogens is 456 g/mol. The van der Waals surface area contributed by atoms with E-state index in [9.17, 15) is 13.2 Å². The van der Waals surface area contributed by atoms with Gasteiger partial charge in [0, 0.05) is 25.2 Å². The highest BCUT2D eigenvalue weighted by atomic mass is 32.2. The van der Waals surface area contributed by atoms with Crippen molar-refractivity contribution in [2.45, 2.75) is 31.2 Å².